The summed E-state index contributed by atoms with van der Waals surface area (Å²) in [5.74, 6) is 0.414. The fourth-order valence-corrected chi connectivity index (χ4v) is 5.07. The number of aryl methyl sites for hydroxylation is 1. The van der Waals surface area contributed by atoms with E-state index in [1.165, 1.54) is 15.6 Å². The van der Waals surface area contributed by atoms with Crippen LogP contribution in [0.1, 0.15) is 23.6 Å². The minimum absolute atomic E-state index is 0.0445. The van der Waals surface area contributed by atoms with E-state index in [2.05, 4.69) is 40.1 Å². The van der Waals surface area contributed by atoms with Crippen molar-refractivity contribution in [1.29, 1.82) is 0 Å². The van der Waals surface area contributed by atoms with Crippen LogP contribution in [-0.4, -0.2) is 47.4 Å². The van der Waals surface area contributed by atoms with E-state index in [0.717, 1.165) is 18.7 Å². The number of rotatable bonds is 8. The standard InChI is InChI=1S/C21H26N4O2S/c1-24-13-16(12-23-24)21-15(9-20(26)25(21)7-8-27-2)10-22-11-17-14-28-19-6-4-3-5-18(17)19/h3-6,12-15,21-22H,7-11H2,1-2H3/t15-,21+/m0/s1. The van der Waals surface area contributed by atoms with Crippen molar-refractivity contribution < 1.29 is 9.53 Å². The smallest absolute Gasteiger partial charge is 0.223 e. The molecule has 0 unspecified atom stereocenters. The maximum atomic E-state index is 12.7. The average Bonchev–Trinajstić information content (AvgIpc) is 3.38. The van der Waals surface area contributed by atoms with Crippen LogP contribution in [0.3, 0.4) is 0 Å². The van der Waals surface area contributed by atoms with Gasteiger partial charge in [-0.05, 0) is 22.4 Å². The summed E-state index contributed by atoms with van der Waals surface area (Å²) in [7, 11) is 3.58. The van der Waals surface area contributed by atoms with Gasteiger partial charge in [0.2, 0.25) is 5.91 Å². The molecule has 148 valence electrons. The zero-order valence-corrected chi connectivity index (χ0v) is 17.1. The lowest BCUT2D eigenvalue weighted by molar-refractivity contribution is -0.129. The number of hydrogen-bond donors (Lipinski definition) is 1. The lowest BCUT2D eigenvalue weighted by atomic mass is 9.95. The maximum absolute atomic E-state index is 12.7. The Bertz CT molecular complexity index is 951. The van der Waals surface area contributed by atoms with Crippen molar-refractivity contribution in [2.45, 2.75) is 19.0 Å². The van der Waals surface area contributed by atoms with Crippen molar-refractivity contribution in [2.75, 3.05) is 26.8 Å². The maximum Gasteiger partial charge on any atom is 0.223 e. The number of amides is 1. The molecule has 1 aromatic carbocycles. The fraction of sp³-hybridized carbons (Fsp3) is 0.429. The Morgan fingerprint density at radius 1 is 1.36 bits per heavy atom. The first kappa shape index (κ1) is 19.1. The van der Waals surface area contributed by atoms with E-state index < -0.39 is 0 Å². The number of likely N-dealkylation sites (tertiary alicyclic amines) is 1. The second-order valence-corrected chi connectivity index (χ2v) is 8.24. The summed E-state index contributed by atoms with van der Waals surface area (Å²) in [6.07, 6.45) is 4.45. The predicted octanol–water partition coefficient (Wildman–Crippen LogP) is 2.96. The highest BCUT2D eigenvalue weighted by Gasteiger charge is 2.40. The first-order chi connectivity index (χ1) is 13.7. The average molecular weight is 399 g/mol. The highest BCUT2D eigenvalue weighted by molar-refractivity contribution is 7.17. The number of methoxy groups -OCH3 is 1. The molecular formula is C21H26N4O2S. The molecule has 1 fully saturated rings. The first-order valence-corrected chi connectivity index (χ1v) is 10.5. The van der Waals surface area contributed by atoms with E-state index in [9.17, 15) is 4.79 Å². The zero-order chi connectivity index (χ0) is 19.5. The van der Waals surface area contributed by atoms with E-state index in [4.69, 9.17) is 4.74 Å². The third-order valence-corrected chi connectivity index (χ3v) is 6.44. The van der Waals surface area contributed by atoms with E-state index in [0.29, 0.717) is 19.6 Å². The Labute approximate surface area is 169 Å². The van der Waals surface area contributed by atoms with Gasteiger partial charge in [-0.2, -0.15) is 5.10 Å². The lowest BCUT2D eigenvalue weighted by Crippen LogP contribution is -2.33. The molecule has 0 spiro atoms. The fourth-order valence-electron chi connectivity index (χ4n) is 4.11. The van der Waals surface area contributed by atoms with Gasteiger partial charge in [-0.1, -0.05) is 18.2 Å². The van der Waals surface area contributed by atoms with E-state index in [-0.39, 0.29) is 17.9 Å². The van der Waals surface area contributed by atoms with Gasteiger partial charge in [0, 0.05) is 62.6 Å². The Morgan fingerprint density at radius 3 is 3.00 bits per heavy atom. The summed E-state index contributed by atoms with van der Waals surface area (Å²) in [6.45, 7) is 2.76. The van der Waals surface area contributed by atoms with E-state index in [1.807, 2.05) is 24.3 Å². The normalized spacial score (nSPS) is 19.8. The molecule has 0 aliphatic carbocycles. The van der Waals surface area contributed by atoms with Crippen LogP contribution in [-0.2, 0) is 23.1 Å². The van der Waals surface area contributed by atoms with Crippen LogP contribution in [0.2, 0.25) is 0 Å². The van der Waals surface area contributed by atoms with Crippen LogP contribution in [0.4, 0.5) is 0 Å². The molecule has 2 atom stereocenters. The number of hydrogen-bond acceptors (Lipinski definition) is 5. The molecule has 1 N–H and O–H groups in total. The molecule has 7 heteroatoms. The molecule has 1 aliphatic heterocycles. The number of nitrogens with zero attached hydrogens (tertiary/aromatic N) is 3. The van der Waals surface area contributed by atoms with Crippen molar-refractivity contribution in [1.82, 2.24) is 20.0 Å². The van der Waals surface area contributed by atoms with Gasteiger partial charge >= 0.3 is 0 Å². The molecule has 2 aromatic heterocycles. The molecule has 6 nitrogen and oxygen atoms in total. The van der Waals surface area contributed by atoms with Crippen LogP contribution in [0.15, 0.2) is 42.0 Å². The van der Waals surface area contributed by atoms with E-state index >= 15 is 0 Å². The van der Waals surface area contributed by atoms with Crippen molar-refractivity contribution in [3.05, 3.63) is 53.2 Å². The van der Waals surface area contributed by atoms with Crippen molar-refractivity contribution in [2.24, 2.45) is 13.0 Å². The van der Waals surface area contributed by atoms with Crippen LogP contribution in [0, 0.1) is 5.92 Å². The Morgan fingerprint density at radius 2 is 2.21 bits per heavy atom. The van der Waals surface area contributed by atoms with Gasteiger partial charge in [-0.15, -0.1) is 11.3 Å². The van der Waals surface area contributed by atoms with Gasteiger partial charge in [0.05, 0.1) is 18.8 Å². The summed E-state index contributed by atoms with van der Waals surface area (Å²) < 4.78 is 8.33. The summed E-state index contributed by atoms with van der Waals surface area (Å²) in [6, 6.07) is 8.54. The SMILES string of the molecule is COCCN1C(=O)C[C@@H](CNCc2csc3ccccc23)[C@@H]1c1cnn(C)c1. The molecule has 0 radical (unpaired) electrons. The van der Waals surface area contributed by atoms with Crippen LogP contribution in [0.5, 0.6) is 0 Å². The molecular weight excluding hydrogens is 372 g/mol. The number of fused-ring (bicyclic) bond motifs is 1. The Kier molecular flexibility index (Phi) is 5.75. The number of nitrogens with one attached hydrogen (secondary N) is 1. The second-order valence-electron chi connectivity index (χ2n) is 7.32. The number of ether oxygens (including phenoxy) is 1. The number of carbonyl (C=O) groups excluding carboxylic acids is 1. The van der Waals surface area contributed by atoms with Crippen LogP contribution in [0.25, 0.3) is 10.1 Å². The molecule has 3 aromatic rings. The largest absolute Gasteiger partial charge is 0.383 e. The van der Waals surface area contributed by atoms with Crippen molar-refractivity contribution in [3.63, 3.8) is 0 Å². The van der Waals surface area contributed by atoms with Gasteiger partial charge < -0.3 is 15.0 Å². The highest BCUT2D eigenvalue weighted by atomic mass is 32.1. The zero-order valence-electron chi connectivity index (χ0n) is 16.3. The molecule has 1 amide bonds. The van der Waals surface area contributed by atoms with E-state index in [1.54, 1.807) is 23.1 Å². The van der Waals surface area contributed by atoms with Crippen LogP contribution < -0.4 is 5.32 Å². The van der Waals surface area contributed by atoms with Gasteiger partial charge in [-0.3, -0.25) is 9.48 Å². The van der Waals surface area contributed by atoms with Crippen molar-refractivity contribution in [3.8, 4) is 0 Å². The number of carbonyl (C=O) groups is 1. The van der Waals surface area contributed by atoms with Gasteiger partial charge in [0.25, 0.3) is 0 Å². The third-order valence-electron chi connectivity index (χ3n) is 5.43. The topological polar surface area (TPSA) is 59.4 Å². The number of benzene rings is 1. The monoisotopic (exact) mass is 398 g/mol. The molecule has 0 bridgehead atoms. The number of thiophene rings is 1. The highest BCUT2D eigenvalue weighted by Crippen LogP contribution is 2.37. The summed E-state index contributed by atoms with van der Waals surface area (Å²) >= 11 is 1.78. The molecule has 0 saturated carbocycles. The van der Waals surface area contributed by atoms with Crippen molar-refractivity contribution >= 4 is 27.3 Å². The minimum Gasteiger partial charge on any atom is -0.383 e. The van der Waals surface area contributed by atoms with Gasteiger partial charge in [-0.25, -0.2) is 0 Å². The summed E-state index contributed by atoms with van der Waals surface area (Å²) in [5.41, 5.74) is 2.41. The quantitative estimate of drug-likeness (QED) is 0.634. The molecule has 3 heterocycles. The van der Waals surface area contributed by atoms with Gasteiger partial charge in [0.15, 0.2) is 0 Å². The molecule has 4 rings (SSSR count). The lowest BCUT2D eigenvalue weighted by Gasteiger charge is -2.27. The summed E-state index contributed by atoms with van der Waals surface area (Å²) in [5, 5.41) is 11.5. The number of aromatic nitrogens is 2. The van der Waals surface area contributed by atoms with Crippen LogP contribution >= 0.6 is 11.3 Å². The summed E-state index contributed by atoms with van der Waals surface area (Å²) in [4.78, 5) is 14.6. The predicted molar refractivity (Wildman–Crippen MR) is 111 cm³/mol. The Balaban J connectivity index is 1.46. The van der Waals surface area contributed by atoms with Gasteiger partial charge in [0.1, 0.15) is 0 Å². The minimum atomic E-state index is 0.0445. The third kappa shape index (κ3) is 3.83. The molecule has 1 aliphatic rings. The Hall–Kier alpha value is -2.22. The second kappa shape index (κ2) is 8.43. The first-order valence-electron chi connectivity index (χ1n) is 9.60. The molecule has 1 saturated heterocycles. The molecule has 28 heavy (non-hydrogen) atoms.